The van der Waals surface area contributed by atoms with E-state index in [4.69, 9.17) is 10.5 Å². The Bertz CT molecular complexity index is 754. The average Bonchev–Trinajstić information content (AvgIpc) is 2.91. The van der Waals surface area contributed by atoms with Crippen molar-refractivity contribution in [1.82, 2.24) is 19.5 Å². The molecule has 3 rings (SSSR count). The van der Waals surface area contributed by atoms with Gasteiger partial charge in [-0.15, -0.1) is 0 Å². The second-order valence-electron chi connectivity index (χ2n) is 5.09. The maximum Gasteiger partial charge on any atom is 0.243 e. The van der Waals surface area contributed by atoms with Crippen LogP contribution in [0.4, 0.5) is 5.95 Å². The molecule has 0 amide bonds. The lowest BCUT2D eigenvalue weighted by molar-refractivity contribution is 0.300. The number of hydrogen-bond acceptors (Lipinski definition) is 5. The molecular formula is C16H19N5O. The van der Waals surface area contributed by atoms with Gasteiger partial charge in [0.25, 0.3) is 0 Å². The summed E-state index contributed by atoms with van der Waals surface area (Å²) in [7, 11) is 0. The van der Waals surface area contributed by atoms with Crippen LogP contribution in [0.2, 0.25) is 0 Å². The maximum atomic E-state index is 5.80. The van der Waals surface area contributed by atoms with Crippen LogP contribution in [0.15, 0.2) is 36.7 Å². The first-order valence-electron chi connectivity index (χ1n) is 7.43. The normalized spacial score (nSPS) is 11.0. The van der Waals surface area contributed by atoms with Crippen molar-refractivity contribution in [2.24, 2.45) is 0 Å². The van der Waals surface area contributed by atoms with Crippen LogP contribution in [0.3, 0.4) is 0 Å². The van der Waals surface area contributed by atoms with Gasteiger partial charge in [-0.1, -0.05) is 19.4 Å². The molecule has 0 saturated carbocycles. The van der Waals surface area contributed by atoms with Gasteiger partial charge in [0, 0.05) is 12.4 Å². The predicted octanol–water partition coefficient (Wildman–Crippen LogP) is 2.64. The Morgan fingerprint density at radius 1 is 1.23 bits per heavy atom. The highest BCUT2D eigenvalue weighted by Gasteiger charge is 2.13. The number of ether oxygens (including phenoxy) is 1. The number of pyridine rings is 1. The molecule has 0 bridgehead atoms. The van der Waals surface area contributed by atoms with Crippen LogP contribution in [0.25, 0.3) is 11.0 Å². The van der Waals surface area contributed by atoms with Crippen LogP contribution in [-0.2, 0) is 6.54 Å². The third-order valence-electron chi connectivity index (χ3n) is 3.39. The molecule has 0 aromatic carbocycles. The Labute approximate surface area is 129 Å². The van der Waals surface area contributed by atoms with Crippen molar-refractivity contribution >= 4 is 17.0 Å². The van der Waals surface area contributed by atoms with Crippen LogP contribution >= 0.6 is 0 Å². The molecule has 22 heavy (non-hydrogen) atoms. The third kappa shape index (κ3) is 3.00. The smallest absolute Gasteiger partial charge is 0.243 e. The summed E-state index contributed by atoms with van der Waals surface area (Å²) in [6.07, 6.45) is 5.79. The standard InChI is InChI=1S/C16H19N5O/c1-2-3-10-22-15-14-13(19-16(17)20-15)7-9-21(14)11-12-6-4-5-8-18-12/h4-9H,2-3,10-11H2,1H3,(H2,17,19,20). The Kier molecular flexibility index (Phi) is 4.18. The first-order valence-corrected chi connectivity index (χ1v) is 7.43. The number of anilines is 1. The summed E-state index contributed by atoms with van der Waals surface area (Å²) >= 11 is 0. The molecular weight excluding hydrogens is 278 g/mol. The van der Waals surface area contributed by atoms with Crippen molar-refractivity contribution in [2.45, 2.75) is 26.3 Å². The van der Waals surface area contributed by atoms with E-state index >= 15 is 0 Å². The second kappa shape index (κ2) is 6.43. The molecule has 0 saturated heterocycles. The van der Waals surface area contributed by atoms with E-state index in [0.717, 1.165) is 29.6 Å². The molecule has 0 atom stereocenters. The number of nitrogens with zero attached hydrogens (tertiary/aromatic N) is 4. The van der Waals surface area contributed by atoms with Crippen molar-refractivity contribution in [2.75, 3.05) is 12.3 Å². The van der Waals surface area contributed by atoms with Gasteiger partial charge < -0.3 is 15.0 Å². The highest BCUT2D eigenvalue weighted by Crippen LogP contribution is 2.25. The van der Waals surface area contributed by atoms with Crippen molar-refractivity contribution in [3.8, 4) is 5.88 Å². The summed E-state index contributed by atoms with van der Waals surface area (Å²) in [5, 5.41) is 0. The molecule has 0 spiro atoms. The lowest BCUT2D eigenvalue weighted by Crippen LogP contribution is -2.06. The quantitative estimate of drug-likeness (QED) is 0.708. The van der Waals surface area contributed by atoms with E-state index < -0.39 is 0 Å². The summed E-state index contributed by atoms with van der Waals surface area (Å²) in [6.45, 7) is 3.38. The first-order chi connectivity index (χ1) is 10.8. The lowest BCUT2D eigenvalue weighted by atomic mass is 10.3. The zero-order valence-corrected chi connectivity index (χ0v) is 12.6. The Morgan fingerprint density at radius 2 is 2.14 bits per heavy atom. The van der Waals surface area contributed by atoms with Crippen molar-refractivity contribution in [3.63, 3.8) is 0 Å². The SMILES string of the molecule is CCCCOc1nc(N)nc2ccn(Cc3ccccn3)c12. The first kappa shape index (κ1) is 14.3. The Morgan fingerprint density at radius 3 is 2.91 bits per heavy atom. The molecule has 0 unspecified atom stereocenters. The zero-order chi connectivity index (χ0) is 15.4. The highest BCUT2D eigenvalue weighted by molar-refractivity contribution is 5.81. The summed E-state index contributed by atoms with van der Waals surface area (Å²) < 4.78 is 7.84. The number of hydrogen-bond donors (Lipinski definition) is 1. The fraction of sp³-hybridized carbons (Fsp3) is 0.312. The highest BCUT2D eigenvalue weighted by atomic mass is 16.5. The summed E-state index contributed by atoms with van der Waals surface area (Å²) in [6, 6.07) is 7.78. The lowest BCUT2D eigenvalue weighted by Gasteiger charge is -2.10. The molecule has 2 N–H and O–H groups in total. The van der Waals surface area contributed by atoms with Crippen molar-refractivity contribution in [3.05, 3.63) is 42.4 Å². The Hall–Kier alpha value is -2.63. The van der Waals surface area contributed by atoms with E-state index in [1.807, 2.05) is 35.0 Å². The van der Waals surface area contributed by atoms with E-state index in [1.54, 1.807) is 6.20 Å². The minimum atomic E-state index is 0.231. The maximum absolute atomic E-state index is 5.80. The molecule has 0 fully saturated rings. The third-order valence-corrected chi connectivity index (χ3v) is 3.39. The van der Waals surface area contributed by atoms with Crippen LogP contribution in [0.5, 0.6) is 5.88 Å². The number of nitrogen functional groups attached to an aromatic ring is 1. The van der Waals surface area contributed by atoms with Gasteiger partial charge in [-0.25, -0.2) is 4.98 Å². The molecule has 6 heteroatoms. The van der Waals surface area contributed by atoms with Crippen molar-refractivity contribution in [1.29, 1.82) is 0 Å². The van der Waals surface area contributed by atoms with Crippen molar-refractivity contribution < 1.29 is 4.74 Å². The van der Waals surface area contributed by atoms with Gasteiger partial charge in [-0.2, -0.15) is 4.98 Å². The van der Waals surface area contributed by atoms with E-state index in [1.165, 1.54) is 0 Å². The second-order valence-corrected chi connectivity index (χ2v) is 5.09. The summed E-state index contributed by atoms with van der Waals surface area (Å²) in [4.78, 5) is 12.9. The zero-order valence-electron chi connectivity index (χ0n) is 12.6. The van der Waals surface area contributed by atoms with Crippen LogP contribution in [-0.4, -0.2) is 26.1 Å². The van der Waals surface area contributed by atoms with Gasteiger partial charge in [0.05, 0.1) is 24.4 Å². The fourth-order valence-electron chi connectivity index (χ4n) is 2.30. The van der Waals surface area contributed by atoms with Gasteiger partial charge in [0.1, 0.15) is 5.52 Å². The van der Waals surface area contributed by atoms with Gasteiger partial charge >= 0.3 is 0 Å². The van der Waals surface area contributed by atoms with Gasteiger partial charge in [-0.05, 0) is 24.6 Å². The average molecular weight is 297 g/mol. The van der Waals surface area contributed by atoms with Crippen LogP contribution in [0, 0.1) is 0 Å². The van der Waals surface area contributed by atoms with Gasteiger partial charge in [0.2, 0.25) is 11.8 Å². The molecule has 0 aliphatic carbocycles. The van der Waals surface area contributed by atoms with E-state index in [-0.39, 0.29) is 5.95 Å². The van der Waals surface area contributed by atoms with Gasteiger partial charge in [0.15, 0.2) is 0 Å². The number of aromatic nitrogens is 4. The fourth-order valence-corrected chi connectivity index (χ4v) is 2.30. The van der Waals surface area contributed by atoms with Crippen LogP contribution in [0.1, 0.15) is 25.5 Å². The van der Waals surface area contributed by atoms with Crippen LogP contribution < -0.4 is 10.5 Å². The summed E-state index contributed by atoms with van der Waals surface area (Å²) in [5.41, 5.74) is 8.38. The molecule has 3 aromatic heterocycles. The van der Waals surface area contributed by atoms with E-state index in [0.29, 0.717) is 19.0 Å². The number of nitrogens with two attached hydrogens (primary N) is 1. The van der Waals surface area contributed by atoms with E-state index in [9.17, 15) is 0 Å². The monoisotopic (exact) mass is 297 g/mol. The molecule has 114 valence electrons. The molecule has 3 heterocycles. The summed E-state index contributed by atoms with van der Waals surface area (Å²) in [5.74, 6) is 0.770. The Balaban J connectivity index is 1.96. The molecule has 3 aromatic rings. The number of rotatable bonds is 6. The molecule has 6 nitrogen and oxygen atoms in total. The minimum Gasteiger partial charge on any atom is -0.476 e. The number of fused-ring (bicyclic) bond motifs is 1. The largest absolute Gasteiger partial charge is 0.476 e. The topological polar surface area (TPSA) is 78.9 Å². The number of unbranched alkanes of at least 4 members (excludes halogenated alkanes) is 1. The predicted molar refractivity (Wildman–Crippen MR) is 85.7 cm³/mol. The molecule has 0 radical (unpaired) electrons. The minimum absolute atomic E-state index is 0.231. The molecule has 0 aliphatic heterocycles. The molecule has 0 aliphatic rings. The van der Waals surface area contributed by atoms with Gasteiger partial charge in [-0.3, -0.25) is 4.98 Å². The van der Waals surface area contributed by atoms with E-state index in [2.05, 4.69) is 21.9 Å².